The molecule has 0 radical (unpaired) electrons. The normalized spacial score (nSPS) is 19.9. The van der Waals surface area contributed by atoms with Crippen LogP contribution in [0.15, 0.2) is 9.59 Å². The zero-order valence-corrected chi connectivity index (χ0v) is 12.7. The highest BCUT2D eigenvalue weighted by molar-refractivity contribution is 7.91. The second-order valence-electron chi connectivity index (χ2n) is 4.92. The van der Waals surface area contributed by atoms with E-state index in [1.165, 1.54) is 0 Å². The predicted octanol–water partition coefficient (Wildman–Crippen LogP) is 1.58. The Balaban J connectivity index is 2.24. The van der Waals surface area contributed by atoms with Crippen molar-refractivity contribution in [2.75, 3.05) is 13.1 Å². The van der Waals surface area contributed by atoms with Gasteiger partial charge in [0.2, 0.25) is 10.0 Å². The van der Waals surface area contributed by atoms with Crippen molar-refractivity contribution in [3.63, 3.8) is 0 Å². The van der Waals surface area contributed by atoms with Gasteiger partial charge in [-0.25, -0.2) is 13.6 Å². The maximum Gasteiger partial charge on any atom is 0.255 e. The average molecular weight is 302 g/mol. The summed E-state index contributed by atoms with van der Waals surface area (Å²) in [5, 5.41) is 6.72. The van der Waals surface area contributed by atoms with E-state index in [0.717, 1.165) is 37.3 Å². The molecule has 2 N–H and O–H groups in total. The van der Waals surface area contributed by atoms with Crippen molar-refractivity contribution >= 4 is 27.3 Å². The SMILES string of the molecule is CCC1CCN(C(=O)c2csc(S(N)(=O)=O)c2C)C1. The minimum atomic E-state index is -3.74. The van der Waals surface area contributed by atoms with E-state index in [0.29, 0.717) is 17.0 Å². The minimum Gasteiger partial charge on any atom is -0.338 e. The van der Waals surface area contributed by atoms with Crippen LogP contribution in [0.25, 0.3) is 0 Å². The summed E-state index contributed by atoms with van der Waals surface area (Å²) in [4.78, 5) is 14.2. The number of nitrogens with zero attached hydrogens (tertiary/aromatic N) is 1. The lowest BCUT2D eigenvalue weighted by atomic mass is 10.1. The van der Waals surface area contributed by atoms with Crippen LogP contribution in [0.2, 0.25) is 0 Å². The fourth-order valence-corrected chi connectivity index (χ4v) is 4.42. The van der Waals surface area contributed by atoms with E-state index < -0.39 is 10.0 Å². The molecule has 0 bridgehead atoms. The number of likely N-dealkylation sites (tertiary alicyclic amines) is 1. The molecule has 1 amide bonds. The van der Waals surface area contributed by atoms with Crippen molar-refractivity contribution in [3.05, 3.63) is 16.5 Å². The van der Waals surface area contributed by atoms with Gasteiger partial charge in [-0.1, -0.05) is 13.3 Å². The molecule has 1 aromatic rings. The highest BCUT2D eigenvalue weighted by Gasteiger charge is 2.29. The molecule has 0 saturated carbocycles. The maximum atomic E-state index is 12.4. The fraction of sp³-hybridized carbons (Fsp3) is 0.583. The second kappa shape index (κ2) is 5.22. The van der Waals surface area contributed by atoms with Crippen LogP contribution in [0.5, 0.6) is 0 Å². The Kier molecular flexibility index (Phi) is 3.98. The molecule has 19 heavy (non-hydrogen) atoms. The number of hydrogen-bond donors (Lipinski definition) is 1. The Labute approximate surface area is 117 Å². The molecule has 5 nitrogen and oxygen atoms in total. The molecule has 0 aromatic carbocycles. The zero-order valence-electron chi connectivity index (χ0n) is 11.0. The number of nitrogens with two attached hydrogens (primary N) is 1. The molecule has 1 aromatic heterocycles. The summed E-state index contributed by atoms with van der Waals surface area (Å²) in [6.07, 6.45) is 2.09. The van der Waals surface area contributed by atoms with Gasteiger partial charge in [0.1, 0.15) is 4.21 Å². The smallest absolute Gasteiger partial charge is 0.255 e. The standard InChI is InChI=1S/C12H18N2O3S2/c1-3-9-4-5-14(6-9)11(15)10-7-18-12(8(10)2)19(13,16)17/h7,9H,3-6H2,1-2H3,(H2,13,16,17). The van der Waals surface area contributed by atoms with Gasteiger partial charge >= 0.3 is 0 Å². The third kappa shape index (κ3) is 2.82. The summed E-state index contributed by atoms with van der Waals surface area (Å²) < 4.78 is 22.8. The number of carbonyl (C=O) groups is 1. The van der Waals surface area contributed by atoms with Crippen molar-refractivity contribution in [2.24, 2.45) is 11.1 Å². The molecule has 1 fully saturated rings. The Morgan fingerprint density at radius 3 is 2.74 bits per heavy atom. The first-order valence-corrected chi connectivity index (χ1v) is 8.67. The van der Waals surface area contributed by atoms with Gasteiger partial charge in [0.15, 0.2) is 0 Å². The molecular weight excluding hydrogens is 284 g/mol. The predicted molar refractivity (Wildman–Crippen MR) is 74.7 cm³/mol. The number of hydrogen-bond acceptors (Lipinski definition) is 4. The van der Waals surface area contributed by atoms with E-state index in [1.54, 1.807) is 17.2 Å². The number of sulfonamides is 1. The summed E-state index contributed by atoms with van der Waals surface area (Å²) in [6, 6.07) is 0. The molecule has 1 unspecified atom stereocenters. The summed E-state index contributed by atoms with van der Waals surface area (Å²) in [5.74, 6) is 0.472. The molecule has 1 saturated heterocycles. The topological polar surface area (TPSA) is 80.5 Å². The molecule has 0 spiro atoms. The molecule has 1 aliphatic rings. The molecule has 106 valence electrons. The lowest BCUT2D eigenvalue weighted by Crippen LogP contribution is -2.29. The molecule has 1 aliphatic heterocycles. The Hall–Kier alpha value is -0.920. The second-order valence-corrected chi connectivity index (χ2v) is 7.56. The van der Waals surface area contributed by atoms with Crippen molar-refractivity contribution in [3.8, 4) is 0 Å². The van der Waals surface area contributed by atoms with E-state index >= 15 is 0 Å². The Morgan fingerprint density at radius 1 is 1.58 bits per heavy atom. The third-order valence-electron chi connectivity index (χ3n) is 3.63. The molecule has 1 atom stereocenters. The zero-order chi connectivity index (χ0) is 14.2. The van der Waals surface area contributed by atoms with Gasteiger partial charge < -0.3 is 4.90 Å². The van der Waals surface area contributed by atoms with Crippen LogP contribution in [0.1, 0.15) is 35.7 Å². The van der Waals surface area contributed by atoms with Gasteiger partial charge in [0.05, 0.1) is 5.56 Å². The van der Waals surface area contributed by atoms with Crippen LogP contribution in [0.4, 0.5) is 0 Å². The van der Waals surface area contributed by atoms with Crippen LogP contribution >= 0.6 is 11.3 Å². The Morgan fingerprint density at radius 2 is 2.26 bits per heavy atom. The number of thiophene rings is 1. The van der Waals surface area contributed by atoms with Gasteiger partial charge in [-0.15, -0.1) is 11.3 Å². The van der Waals surface area contributed by atoms with Crippen LogP contribution in [0.3, 0.4) is 0 Å². The first-order valence-electron chi connectivity index (χ1n) is 6.24. The van der Waals surface area contributed by atoms with Crippen molar-refractivity contribution in [1.29, 1.82) is 0 Å². The summed E-state index contributed by atoms with van der Waals surface area (Å²) in [6.45, 7) is 5.26. The highest BCUT2D eigenvalue weighted by Crippen LogP contribution is 2.28. The molecule has 7 heteroatoms. The summed E-state index contributed by atoms with van der Waals surface area (Å²) in [5.41, 5.74) is 0.934. The van der Waals surface area contributed by atoms with E-state index in [9.17, 15) is 13.2 Å². The quantitative estimate of drug-likeness (QED) is 0.920. The number of rotatable bonds is 3. The highest BCUT2D eigenvalue weighted by atomic mass is 32.2. The summed E-state index contributed by atoms with van der Waals surface area (Å²) in [7, 11) is -3.74. The third-order valence-corrected chi connectivity index (χ3v) is 6.32. The van der Waals surface area contributed by atoms with Gasteiger partial charge in [0, 0.05) is 18.5 Å². The first kappa shape index (κ1) is 14.5. The van der Waals surface area contributed by atoms with Gasteiger partial charge in [-0.2, -0.15) is 0 Å². The molecule has 2 heterocycles. The molecule has 2 rings (SSSR count). The first-order chi connectivity index (χ1) is 8.84. The largest absolute Gasteiger partial charge is 0.338 e. The maximum absolute atomic E-state index is 12.4. The summed E-state index contributed by atoms with van der Waals surface area (Å²) >= 11 is 1.02. The lowest BCUT2D eigenvalue weighted by molar-refractivity contribution is 0.0786. The van der Waals surface area contributed by atoms with Crippen molar-refractivity contribution in [2.45, 2.75) is 30.9 Å². The van der Waals surface area contributed by atoms with Gasteiger partial charge in [0.25, 0.3) is 5.91 Å². The van der Waals surface area contributed by atoms with E-state index in [4.69, 9.17) is 5.14 Å². The van der Waals surface area contributed by atoms with Crippen molar-refractivity contribution < 1.29 is 13.2 Å². The number of amides is 1. The number of carbonyl (C=O) groups excluding carboxylic acids is 1. The Bertz CT molecular complexity index is 592. The average Bonchev–Trinajstić information content (AvgIpc) is 2.93. The van der Waals surface area contributed by atoms with Crippen LogP contribution in [0, 0.1) is 12.8 Å². The molecular formula is C12H18N2O3S2. The van der Waals surface area contributed by atoms with E-state index in [-0.39, 0.29) is 10.1 Å². The van der Waals surface area contributed by atoms with Crippen molar-refractivity contribution in [1.82, 2.24) is 4.90 Å². The molecule has 0 aliphatic carbocycles. The minimum absolute atomic E-state index is 0.0837. The van der Waals surface area contributed by atoms with Gasteiger partial charge in [-0.05, 0) is 24.8 Å². The van der Waals surface area contributed by atoms with Crippen LogP contribution in [-0.2, 0) is 10.0 Å². The fourth-order valence-electron chi connectivity index (χ4n) is 2.41. The van der Waals surface area contributed by atoms with Crippen LogP contribution in [-0.4, -0.2) is 32.3 Å². The number of primary sulfonamides is 1. The monoisotopic (exact) mass is 302 g/mol. The van der Waals surface area contributed by atoms with E-state index in [2.05, 4.69) is 6.92 Å². The van der Waals surface area contributed by atoms with Gasteiger partial charge in [-0.3, -0.25) is 4.79 Å². The lowest BCUT2D eigenvalue weighted by Gasteiger charge is -2.16. The van der Waals surface area contributed by atoms with Crippen LogP contribution < -0.4 is 5.14 Å². The van der Waals surface area contributed by atoms with E-state index in [1.807, 2.05) is 0 Å².